The first-order valence-electron chi connectivity index (χ1n) is 5.40. The lowest BCUT2D eigenvalue weighted by Gasteiger charge is -2.27. The molecule has 0 saturated carbocycles. The van der Waals surface area contributed by atoms with Crippen molar-refractivity contribution in [1.82, 2.24) is 4.90 Å². The van der Waals surface area contributed by atoms with Gasteiger partial charge in [0.2, 0.25) is 0 Å². The highest BCUT2D eigenvalue weighted by molar-refractivity contribution is 6.08. The van der Waals surface area contributed by atoms with Crippen LogP contribution in [0.25, 0.3) is 5.70 Å². The Hall–Kier alpha value is -1.65. The molecule has 0 radical (unpaired) electrons. The first kappa shape index (κ1) is 11.8. The molecule has 0 spiro atoms. The van der Waals surface area contributed by atoms with Gasteiger partial charge in [-0.05, 0) is 13.0 Å². The van der Waals surface area contributed by atoms with E-state index in [0.717, 1.165) is 5.56 Å². The molecule has 0 aliphatic carbocycles. The van der Waals surface area contributed by atoms with Gasteiger partial charge in [-0.15, -0.1) is 0 Å². The lowest BCUT2D eigenvalue weighted by Crippen LogP contribution is -2.43. The first-order chi connectivity index (χ1) is 7.96. The zero-order valence-corrected chi connectivity index (χ0v) is 9.68. The van der Waals surface area contributed by atoms with Crippen molar-refractivity contribution in [3.8, 4) is 0 Å². The molecule has 1 amide bonds. The fraction of sp³-hybridized carbons (Fsp3) is 0.308. The molecule has 1 aromatic rings. The highest BCUT2D eigenvalue weighted by Crippen LogP contribution is 2.32. The summed E-state index contributed by atoms with van der Waals surface area (Å²) in [5.74, 6) is -0.181. The Bertz CT molecular complexity index is 444. The number of carbonyl (C=O) groups is 1. The molecule has 90 valence electrons. The SMILES string of the molecule is C=C1c2ccccc2C(=O)N1CC(C)(O)CO. The van der Waals surface area contributed by atoms with Crippen LogP contribution in [-0.4, -0.2) is 39.8 Å². The molecule has 1 aliphatic rings. The molecular weight excluding hydrogens is 218 g/mol. The molecule has 4 heteroatoms. The molecule has 1 unspecified atom stereocenters. The van der Waals surface area contributed by atoms with E-state index in [-0.39, 0.29) is 12.5 Å². The first-order valence-corrected chi connectivity index (χ1v) is 5.40. The van der Waals surface area contributed by atoms with E-state index in [2.05, 4.69) is 6.58 Å². The maximum absolute atomic E-state index is 12.1. The van der Waals surface area contributed by atoms with Crippen LogP contribution in [0.4, 0.5) is 0 Å². The molecule has 2 rings (SSSR count). The van der Waals surface area contributed by atoms with Gasteiger partial charge in [-0.3, -0.25) is 4.79 Å². The van der Waals surface area contributed by atoms with Crippen molar-refractivity contribution >= 4 is 11.6 Å². The summed E-state index contributed by atoms with van der Waals surface area (Å²) in [6, 6.07) is 7.18. The predicted molar refractivity (Wildman–Crippen MR) is 64.2 cm³/mol. The summed E-state index contributed by atoms with van der Waals surface area (Å²) in [6.07, 6.45) is 0. The molecule has 0 aromatic heterocycles. The fourth-order valence-corrected chi connectivity index (χ4v) is 1.89. The van der Waals surface area contributed by atoms with Crippen LogP contribution in [0, 0.1) is 0 Å². The second-order valence-electron chi connectivity index (χ2n) is 4.54. The highest BCUT2D eigenvalue weighted by Gasteiger charge is 2.35. The number of rotatable bonds is 3. The summed E-state index contributed by atoms with van der Waals surface area (Å²) in [4.78, 5) is 13.5. The summed E-state index contributed by atoms with van der Waals surface area (Å²) < 4.78 is 0. The van der Waals surface area contributed by atoms with E-state index in [1.807, 2.05) is 12.1 Å². The smallest absolute Gasteiger partial charge is 0.259 e. The molecule has 4 nitrogen and oxygen atoms in total. The average Bonchev–Trinajstić information content (AvgIpc) is 2.55. The minimum atomic E-state index is -1.32. The Morgan fingerprint density at radius 2 is 1.94 bits per heavy atom. The average molecular weight is 233 g/mol. The minimum absolute atomic E-state index is 0.0375. The van der Waals surface area contributed by atoms with Crippen molar-refractivity contribution in [3.05, 3.63) is 42.0 Å². The molecule has 2 N–H and O–H groups in total. The van der Waals surface area contributed by atoms with Gasteiger partial charge >= 0.3 is 0 Å². The van der Waals surface area contributed by atoms with Gasteiger partial charge in [-0.25, -0.2) is 0 Å². The van der Waals surface area contributed by atoms with Crippen molar-refractivity contribution in [2.24, 2.45) is 0 Å². The molecule has 0 saturated heterocycles. The van der Waals surface area contributed by atoms with Gasteiger partial charge in [0.1, 0.15) is 5.60 Å². The highest BCUT2D eigenvalue weighted by atomic mass is 16.3. The zero-order valence-electron chi connectivity index (χ0n) is 9.68. The normalized spacial score (nSPS) is 18.2. The van der Waals surface area contributed by atoms with Gasteiger partial charge in [-0.1, -0.05) is 24.8 Å². The fourth-order valence-electron chi connectivity index (χ4n) is 1.89. The third-order valence-electron chi connectivity index (χ3n) is 2.88. The van der Waals surface area contributed by atoms with Crippen molar-refractivity contribution in [2.45, 2.75) is 12.5 Å². The molecule has 1 heterocycles. The molecule has 0 fully saturated rings. The number of fused-ring (bicyclic) bond motifs is 1. The van der Waals surface area contributed by atoms with Gasteiger partial charge in [0, 0.05) is 16.8 Å². The summed E-state index contributed by atoms with van der Waals surface area (Å²) in [5, 5.41) is 18.8. The number of amides is 1. The van der Waals surface area contributed by atoms with Crippen LogP contribution in [0.3, 0.4) is 0 Å². The van der Waals surface area contributed by atoms with Crippen LogP contribution in [0.2, 0.25) is 0 Å². The maximum Gasteiger partial charge on any atom is 0.259 e. The molecule has 1 aliphatic heterocycles. The van der Waals surface area contributed by atoms with Gasteiger partial charge in [0.25, 0.3) is 5.91 Å². The summed E-state index contributed by atoms with van der Waals surface area (Å²) in [5.41, 5.74) is 0.623. The van der Waals surface area contributed by atoms with Crippen LogP contribution in [0.5, 0.6) is 0 Å². The number of benzene rings is 1. The topological polar surface area (TPSA) is 60.8 Å². The second-order valence-corrected chi connectivity index (χ2v) is 4.54. The van der Waals surface area contributed by atoms with Gasteiger partial charge in [0.05, 0.1) is 13.2 Å². The van der Waals surface area contributed by atoms with Crippen molar-refractivity contribution in [2.75, 3.05) is 13.2 Å². The predicted octanol–water partition coefficient (Wildman–Crippen LogP) is 0.856. The van der Waals surface area contributed by atoms with Gasteiger partial charge in [0.15, 0.2) is 0 Å². The van der Waals surface area contributed by atoms with Crippen molar-refractivity contribution < 1.29 is 15.0 Å². The number of carbonyl (C=O) groups excluding carboxylic acids is 1. The summed E-state index contributed by atoms with van der Waals surface area (Å²) >= 11 is 0. The Labute approximate surface area is 99.8 Å². The number of hydrogen-bond acceptors (Lipinski definition) is 3. The zero-order chi connectivity index (χ0) is 12.6. The van der Waals surface area contributed by atoms with Gasteiger partial charge < -0.3 is 15.1 Å². The largest absolute Gasteiger partial charge is 0.393 e. The van der Waals surface area contributed by atoms with Crippen LogP contribution in [-0.2, 0) is 0 Å². The second kappa shape index (κ2) is 3.98. The van der Waals surface area contributed by atoms with E-state index in [1.165, 1.54) is 11.8 Å². The Morgan fingerprint density at radius 1 is 1.35 bits per heavy atom. The van der Waals surface area contributed by atoms with Crippen molar-refractivity contribution in [1.29, 1.82) is 0 Å². The molecular formula is C13H15NO3. The third-order valence-corrected chi connectivity index (χ3v) is 2.88. The summed E-state index contributed by atoms with van der Waals surface area (Å²) in [7, 11) is 0. The molecule has 0 bridgehead atoms. The Balaban J connectivity index is 2.31. The van der Waals surface area contributed by atoms with E-state index in [9.17, 15) is 9.90 Å². The minimum Gasteiger partial charge on any atom is -0.393 e. The number of nitrogens with zero attached hydrogens (tertiary/aromatic N) is 1. The lowest BCUT2D eigenvalue weighted by atomic mass is 10.1. The van der Waals surface area contributed by atoms with E-state index in [4.69, 9.17) is 5.11 Å². The molecule has 1 aromatic carbocycles. The monoisotopic (exact) mass is 233 g/mol. The van der Waals surface area contributed by atoms with E-state index < -0.39 is 12.2 Å². The number of aliphatic hydroxyl groups is 2. The van der Waals surface area contributed by atoms with Crippen LogP contribution in [0.15, 0.2) is 30.8 Å². The number of hydrogen-bond donors (Lipinski definition) is 2. The van der Waals surface area contributed by atoms with Gasteiger partial charge in [-0.2, -0.15) is 0 Å². The molecule has 1 atom stereocenters. The van der Waals surface area contributed by atoms with E-state index in [1.54, 1.807) is 12.1 Å². The lowest BCUT2D eigenvalue weighted by molar-refractivity contribution is -0.0121. The maximum atomic E-state index is 12.1. The Morgan fingerprint density at radius 3 is 2.47 bits per heavy atom. The quantitative estimate of drug-likeness (QED) is 0.814. The standard InChI is InChI=1S/C13H15NO3/c1-9-10-5-3-4-6-11(10)12(16)14(9)7-13(2,17)8-15/h3-6,15,17H,1,7-8H2,2H3. The van der Waals surface area contributed by atoms with Crippen molar-refractivity contribution in [3.63, 3.8) is 0 Å². The number of β-amino-alcohol motifs (C(OH)–C–C–N with tert-alkyl or cyclic N) is 1. The van der Waals surface area contributed by atoms with Crippen LogP contribution in [0.1, 0.15) is 22.8 Å². The van der Waals surface area contributed by atoms with E-state index >= 15 is 0 Å². The Kier molecular flexibility index (Phi) is 2.77. The van der Waals surface area contributed by atoms with Crippen LogP contribution < -0.4 is 0 Å². The summed E-state index contributed by atoms with van der Waals surface area (Å²) in [6.45, 7) is 4.98. The number of aliphatic hydroxyl groups excluding tert-OH is 1. The third kappa shape index (κ3) is 1.97. The van der Waals surface area contributed by atoms with Crippen LogP contribution >= 0.6 is 0 Å². The van der Waals surface area contributed by atoms with E-state index in [0.29, 0.717) is 11.3 Å². The molecule has 17 heavy (non-hydrogen) atoms.